The first-order chi connectivity index (χ1) is 20.6. The van der Waals surface area contributed by atoms with Crippen LogP contribution in [0.25, 0.3) is 10.9 Å². The Balaban J connectivity index is 1.43. The second-order valence-electron chi connectivity index (χ2n) is 12.4. The summed E-state index contributed by atoms with van der Waals surface area (Å²) in [5.74, 6) is -2.65. The zero-order valence-corrected chi connectivity index (χ0v) is 24.7. The van der Waals surface area contributed by atoms with Gasteiger partial charge in [0.25, 0.3) is 17.0 Å². The number of ether oxygens (including phenoxy) is 1. The number of hydrogen-bond acceptors (Lipinski definition) is 7. The van der Waals surface area contributed by atoms with Gasteiger partial charge in [0.1, 0.15) is 5.52 Å². The number of hydrogen-bond donors (Lipinski definition) is 1. The van der Waals surface area contributed by atoms with Crippen molar-refractivity contribution in [3.8, 4) is 6.07 Å². The first-order valence-corrected chi connectivity index (χ1v) is 15.2. The molecule has 2 fully saturated rings. The van der Waals surface area contributed by atoms with Gasteiger partial charge in [0.2, 0.25) is 0 Å². The lowest BCUT2D eigenvalue weighted by atomic mass is 9.89. The molecule has 2 aromatic heterocycles. The van der Waals surface area contributed by atoms with E-state index < -0.39 is 22.9 Å². The molecule has 1 aliphatic carbocycles. The highest BCUT2D eigenvalue weighted by Crippen LogP contribution is 2.47. The highest BCUT2D eigenvalue weighted by molar-refractivity contribution is 5.89. The van der Waals surface area contributed by atoms with Crippen LogP contribution in [0.3, 0.4) is 0 Å². The first kappa shape index (κ1) is 29.5. The molecule has 3 aromatic rings. The van der Waals surface area contributed by atoms with Crippen LogP contribution in [-0.4, -0.2) is 52.1 Å². The summed E-state index contributed by atoms with van der Waals surface area (Å²) in [5, 5.41) is 18.2. The van der Waals surface area contributed by atoms with Crippen molar-refractivity contribution < 1.29 is 13.5 Å². The van der Waals surface area contributed by atoms with E-state index in [4.69, 9.17) is 4.74 Å². The summed E-state index contributed by atoms with van der Waals surface area (Å²) in [6, 6.07) is 9.97. The summed E-state index contributed by atoms with van der Waals surface area (Å²) in [7, 11) is 1.52. The lowest BCUT2D eigenvalue weighted by Gasteiger charge is -2.41. The van der Waals surface area contributed by atoms with Gasteiger partial charge in [0.05, 0.1) is 17.5 Å². The average molecular weight is 593 g/mol. The molecule has 4 aliphatic rings. The molecule has 1 saturated heterocycles. The van der Waals surface area contributed by atoms with Gasteiger partial charge in [0, 0.05) is 62.8 Å². The van der Waals surface area contributed by atoms with Gasteiger partial charge in [-0.2, -0.15) is 10.4 Å². The van der Waals surface area contributed by atoms with Crippen molar-refractivity contribution in [1.82, 2.24) is 19.2 Å². The Morgan fingerprint density at radius 3 is 2.58 bits per heavy atom. The fraction of sp³-hybridized carbons (Fsp3) is 0.562. The van der Waals surface area contributed by atoms with Crippen molar-refractivity contribution in [3.63, 3.8) is 0 Å². The number of nitriles is 1. The number of rotatable bonds is 1. The minimum atomic E-state index is -2.96. The Labute approximate surface area is 249 Å². The van der Waals surface area contributed by atoms with Gasteiger partial charge >= 0.3 is 0 Å². The molecule has 0 spiro atoms. The molecule has 7 rings (SSSR count). The molecule has 1 aromatic carbocycles. The maximum Gasteiger partial charge on any atom is 0.291 e. The third-order valence-corrected chi connectivity index (χ3v) is 9.19. The molecule has 228 valence electrons. The van der Waals surface area contributed by atoms with Crippen LogP contribution in [0.2, 0.25) is 0 Å². The van der Waals surface area contributed by atoms with Crippen LogP contribution in [0, 0.1) is 17.2 Å². The van der Waals surface area contributed by atoms with Crippen LogP contribution in [0.15, 0.2) is 39.9 Å². The fourth-order valence-electron chi connectivity index (χ4n) is 6.47. The van der Waals surface area contributed by atoms with Gasteiger partial charge in [-0.1, -0.05) is 18.2 Å². The van der Waals surface area contributed by atoms with Crippen molar-refractivity contribution >= 4 is 16.7 Å². The molecule has 5 heterocycles. The second kappa shape index (κ2) is 11.5. The number of aromatic nitrogens is 3. The number of nitrogens with one attached hydrogen (secondary N) is 1. The minimum Gasteiger partial charge on any atom is -0.381 e. The van der Waals surface area contributed by atoms with Crippen LogP contribution < -0.4 is 16.4 Å². The van der Waals surface area contributed by atoms with Gasteiger partial charge in [-0.05, 0) is 69.2 Å². The molecule has 0 amide bonds. The van der Waals surface area contributed by atoms with Crippen molar-refractivity contribution in [2.45, 2.75) is 69.4 Å². The molecule has 0 unspecified atom stereocenters. The maximum absolute atomic E-state index is 15.4. The monoisotopic (exact) mass is 592 g/mol. The first-order valence-electron chi connectivity index (χ1n) is 15.2. The topological polar surface area (TPSA) is 105 Å². The Morgan fingerprint density at radius 2 is 1.84 bits per heavy atom. The SMILES string of the molecule is C[C@H]1Nc2nn(C)c(=O)c3c2cc(C2(C#N)CC2)c(=O)n3CCCOCCCCN2CC(C2)CC(F)(F)c2cccc1c2. The van der Waals surface area contributed by atoms with E-state index in [9.17, 15) is 14.9 Å². The quantitative estimate of drug-likeness (QED) is 0.446. The third kappa shape index (κ3) is 5.70. The number of alkyl halides is 2. The second-order valence-corrected chi connectivity index (χ2v) is 12.4. The number of benzene rings is 1. The van der Waals surface area contributed by atoms with E-state index >= 15 is 8.78 Å². The summed E-state index contributed by atoms with van der Waals surface area (Å²) in [6.45, 7) is 5.32. The van der Waals surface area contributed by atoms with Crippen molar-refractivity contribution in [2.75, 3.05) is 38.2 Å². The molecular weight excluding hydrogens is 554 g/mol. The molecule has 3 aliphatic heterocycles. The van der Waals surface area contributed by atoms with Gasteiger partial charge in [-0.25, -0.2) is 13.5 Å². The molecule has 1 N–H and O–H groups in total. The van der Waals surface area contributed by atoms with Crippen LogP contribution in [0.5, 0.6) is 0 Å². The molecule has 43 heavy (non-hydrogen) atoms. The number of fused-ring (bicyclic) bond motifs is 9. The third-order valence-electron chi connectivity index (χ3n) is 9.19. The largest absolute Gasteiger partial charge is 0.381 e. The summed E-state index contributed by atoms with van der Waals surface area (Å²) < 4.78 is 39.4. The van der Waals surface area contributed by atoms with Crippen molar-refractivity contribution in [3.05, 3.63) is 67.7 Å². The number of nitrogens with zero attached hydrogens (tertiary/aromatic N) is 5. The summed E-state index contributed by atoms with van der Waals surface area (Å²) in [4.78, 5) is 29.5. The summed E-state index contributed by atoms with van der Waals surface area (Å²) >= 11 is 0. The van der Waals surface area contributed by atoms with Gasteiger partial charge in [-0.3, -0.25) is 9.59 Å². The molecule has 8 bridgehead atoms. The smallest absolute Gasteiger partial charge is 0.291 e. The van der Waals surface area contributed by atoms with Gasteiger partial charge in [0.15, 0.2) is 5.82 Å². The zero-order valence-electron chi connectivity index (χ0n) is 24.7. The maximum atomic E-state index is 15.4. The predicted octanol–water partition coefficient (Wildman–Crippen LogP) is 4.44. The summed E-state index contributed by atoms with van der Waals surface area (Å²) in [6.07, 6.45) is 3.26. The van der Waals surface area contributed by atoms with E-state index in [0.29, 0.717) is 67.9 Å². The minimum absolute atomic E-state index is 0.0181. The number of halogens is 2. The normalized spacial score (nSPS) is 25.4. The van der Waals surface area contributed by atoms with E-state index in [1.807, 2.05) is 6.92 Å². The Bertz CT molecular complexity index is 1680. The summed E-state index contributed by atoms with van der Waals surface area (Å²) in [5.41, 5.74) is -0.454. The molecule has 0 radical (unpaired) electrons. The van der Waals surface area contributed by atoms with Gasteiger partial charge in [-0.15, -0.1) is 0 Å². The highest BCUT2D eigenvalue weighted by atomic mass is 19.3. The average Bonchev–Trinajstić information content (AvgIpc) is 3.76. The molecule has 1 atom stereocenters. The van der Waals surface area contributed by atoms with E-state index in [0.717, 1.165) is 19.4 Å². The van der Waals surface area contributed by atoms with Gasteiger partial charge < -0.3 is 19.5 Å². The standard InChI is InChI=1S/C32H38F2N6O3/c1-21-23-7-5-8-24(15-23)32(33,34)17-22-18-39(19-22)11-3-4-13-43-14-6-12-40-27-25(28(36-21)37-38(2)30(27)42)16-26(29(40)41)31(20-35)9-10-31/h5,7-8,15-16,21-22H,3-4,6,9-14,17-19H2,1-2H3,(H,36,37)/t21-/m1/s1. The van der Waals surface area contributed by atoms with Crippen LogP contribution in [-0.2, 0) is 29.7 Å². The Kier molecular flexibility index (Phi) is 7.86. The lowest BCUT2D eigenvalue weighted by Crippen LogP contribution is -2.48. The van der Waals surface area contributed by atoms with Crippen LogP contribution in [0.1, 0.15) is 68.2 Å². The number of anilines is 1. The number of pyridine rings is 1. The van der Waals surface area contributed by atoms with E-state index in [1.54, 1.807) is 24.3 Å². The van der Waals surface area contributed by atoms with Crippen LogP contribution in [0.4, 0.5) is 14.6 Å². The highest BCUT2D eigenvalue weighted by Gasteiger charge is 2.47. The molecule has 1 saturated carbocycles. The van der Waals surface area contributed by atoms with E-state index in [1.165, 1.54) is 22.4 Å². The molecule has 11 heteroatoms. The Morgan fingerprint density at radius 1 is 1.07 bits per heavy atom. The van der Waals surface area contributed by atoms with Crippen LogP contribution >= 0.6 is 0 Å². The molecular formula is C32H38F2N6O3. The molecule has 9 nitrogen and oxygen atoms in total. The predicted molar refractivity (Wildman–Crippen MR) is 159 cm³/mol. The lowest BCUT2D eigenvalue weighted by molar-refractivity contribution is -0.0570. The number of aryl methyl sites for hydroxylation is 2. The fourth-order valence-corrected chi connectivity index (χ4v) is 6.47. The Hall–Kier alpha value is -3.62. The van der Waals surface area contributed by atoms with E-state index in [-0.39, 0.29) is 35.5 Å². The van der Waals surface area contributed by atoms with Crippen molar-refractivity contribution in [2.24, 2.45) is 13.0 Å². The zero-order chi connectivity index (χ0) is 30.4. The van der Waals surface area contributed by atoms with E-state index in [2.05, 4.69) is 21.4 Å². The van der Waals surface area contributed by atoms with Crippen molar-refractivity contribution in [1.29, 1.82) is 5.26 Å².